The lowest BCUT2D eigenvalue weighted by Crippen LogP contribution is -2.18. The van der Waals surface area contributed by atoms with Crippen LogP contribution in [-0.4, -0.2) is 24.0 Å². The molecule has 2 aromatic rings. The van der Waals surface area contributed by atoms with E-state index in [1.165, 1.54) is 12.8 Å². The molecule has 1 saturated heterocycles. The summed E-state index contributed by atoms with van der Waals surface area (Å²) in [7, 11) is 0. The first-order valence-electron chi connectivity index (χ1n) is 7.31. The number of anilines is 2. The molecule has 4 nitrogen and oxygen atoms in total. The van der Waals surface area contributed by atoms with Crippen molar-refractivity contribution in [3.8, 4) is 0 Å². The van der Waals surface area contributed by atoms with E-state index < -0.39 is 0 Å². The van der Waals surface area contributed by atoms with Crippen LogP contribution in [0.5, 0.6) is 0 Å². The standard InChI is InChI=1S/C17H19N3O/c1-13-4-6-14(7-5-13)17(21)19-16-9-8-15(12-18-16)20-10-2-3-11-20/h4-9,12H,2-3,10-11H2,1H3,(H,18,19,21). The molecule has 1 amide bonds. The van der Waals surface area contributed by atoms with Crippen LogP contribution >= 0.6 is 0 Å². The number of rotatable bonds is 3. The van der Waals surface area contributed by atoms with Crippen molar-refractivity contribution >= 4 is 17.4 Å². The van der Waals surface area contributed by atoms with E-state index in [2.05, 4.69) is 15.2 Å². The van der Waals surface area contributed by atoms with Crippen LogP contribution in [0.1, 0.15) is 28.8 Å². The molecule has 2 heterocycles. The normalized spacial score (nSPS) is 14.2. The molecule has 0 saturated carbocycles. The van der Waals surface area contributed by atoms with Crippen molar-refractivity contribution in [2.75, 3.05) is 23.3 Å². The number of amides is 1. The molecule has 0 unspecified atom stereocenters. The maximum atomic E-state index is 12.1. The Morgan fingerprint density at radius 1 is 1.10 bits per heavy atom. The highest BCUT2D eigenvalue weighted by Gasteiger charge is 2.13. The monoisotopic (exact) mass is 281 g/mol. The fourth-order valence-corrected chi connectivity index (χ4v) is 2.52. The molecule has 1 fully saturated rings. The summed E-state index contributed by atoms with van der Waals surface area (Å²) in [6.07, 6.45) is 4.31. The van der Waals surface area contributed by atoms with Crippen LogP contribution in [0, 0.1) is 6.92 Å². The third-order valence-corrected chi connectivity index (χ3v) is 3.77. The molecule has 3 rings (SSSR count). The Balaban J connectivity index is 1.67. The number of pyridine rings is 1. The second-order valence-electron chi connectivity index (χ2n) is 5.42. The van der Waals surface area contributed by atoms with E-state index in [0.29, 0.717) is 11.4 Å². The van der Waals surface area contributed by atoms with Gasteiger partial charge in [-0.1, -0.05) is 17.7 Å². The third-order valence-electron chi connectivity index (χ3n) is 3.77. The lowest BCUT2D eigenvalue weighted by Gasteiger charge is -2.17. The van der Waals surface area contributed by atoms with E-state index in [4.69, 9.17) is 0 Å². The van der Waals surface area contributed by atoms with Gasteiger partial charge in [-0.05, 0) is 44.0 Å². The van der Waals surface area contributed by atoms with E-state index in [9.17, 15) is 4.79 Å². The SMILES string of the molecule is Cc1ccc(C(=O)Nc2ccc(N3CCCC3)cn2)cc1. The van der Waals surface area contributed by atoms with Crippen molar-refractivity contribution in [1.82, 2.24) is 4.98 Å². The van der Waals surface area contributed by atoms with Crippen molar-refractivity contribution in [3.05, 3.63) is 53.7 Å². The molecule has 21 heavy (non-hydrogen) atoms. The van der Waals surface area contributed by atoms with Crippen molar-refractivity contribution in [2.24, 2.45) is 0 Å². The predicted octanol–water partition coefficient (Wildman–Crippen LogP) is 3.24. The van der Waals surface area contributed by atoms with Gasteiger partial charge in [-0.2, -0.15) is 0 Å². The van der Waals surface area contributed by atoms with Gasteiger partial charge in [0.15, 0.2) is 0 Å². The molecule has 0 radical (unpaired) electrons. The van der Waals surface area contributed by atoms with Gasteiger partial charge < -0.3 is 10.2 Å². The minimum Gasteiger partial charge on any atom is -0.370 e. The van der Waals surface area contributed by atoms with Crippen molar-refractivity contribution < 1.29 is 4.79 Å². The molecule has 1 aromatic carbocycles. The Kier molecular flexibility index (Phi) is 3.86. The number of aromatic nitrogens is 1. The summed E-state index contributed by atoms with van der Waals surface area (Å²) in [4.78, 5) is 18.8. The number of hydrogen-bond acceptors (Lipinski definition) is 3. The van der Waals surface area contributed by atoms with Gasteiger partial charge >= 0.3 is 0 Å². The molecule has 1 N–H and O–H groups in total. The highest BCUT2D eigenvalue weighted by Crippen LogP contribution is 2.20. The summed E-state index contributed by atoms with van der Waals surface area (Å²) in [6, 6.07) is 11.4. The first kappa shape index (κ1) is 13.6. The largest absolute Gasteiger partial charge is 0.370 e. The van der Waals surface area contributed by atoms with Gasteiger partial charge in [0.25, 0.3) is 5.91 Å². The predicted molar refractivity (Wildman–Crippen MR) is 84.8 cm³/mol. The molecule has 0 bridgehead atoms. The van der Waals surface area contributed by atoms with Gasteiger partial charge in [0.05, 0.1) is 11.9 Å². The number of aryl methyl sites for hydroxylation is 1. The molecule has 0 atom stereocenters. The molecule has 1 aliphatic heterocycles. The van der Waals surface area contributed by atoms with Gasteiger partial charge in [-0.25, -0.2) is 4.98 Å². The summed E-state index contributed by atoms with van der Waals surface area (Å²) < 4.78 is 0. The average molecular weight is 281 g/mol. The van der Waals surface area contributed by atoms with Gasteiger partial charge in [0, 0.05) is 18.7 Å². The molecule has 1 aliphatic rings. The van der Waals surface area contributed by atoms with E-state index in [1.807, 2.05) is 49.5 Å². The lowest BCUT2D eigenvalue weighted by molar-refractivity contribution is 0.102. The number of carbonyl (C=O) groups is 1. The smallest absolute Gasteiger partial charge is 0.256 e. The first-order valence-corrected chi connectivity index (χ1v) is 7.31. The van der Waals surface area contributed by atoms with Crippen molar-refractivity contribution in [1.29, 1.82) is 0 Å². The van der Waals surface area contributed by atoms with E-state index in [-0.39, 0.29) is 5.91 Å². The van der Waals surface area contributed by atoms with Crippen molar-refractivity contribution in [2.45, 2.75) is 19.8 Å². The summed E-state index contributed by atoms with van der Waals surface area (Å²) in [5, 5.41) is 2.83. The minimum atomic E-state index is -0.128. The van der Waals surface area contributed by atoms with Gasteiger partial charge in [-0.15, -0.1) is 0 Å². The van der Waals surface area contributed by atoms with Crippen LogP contribution in [0.15, 0.2) is 42.6 Å². The molecular formula is C17H19N3O. The third kappa shape index (κ3) is 3.21. The quantitative estimate of drug-likeness (QED) is 0.939. The zero-order valence-corrected chi connectivity index (χ0v) is 12.2. The topological polar surface area (TPSA) is 45.2 Å². The Hall–Kier alpha value is -2.36. The zero-order chi connectivity index (χ0) is 14.7. The second-order valence-corrected chi connectivity index (χ2v) is 5.42. The Morgan fingerprint density at radius 3 is 2.43 bits per heavy atom. The fraction of sp³-hybridized carbons (Fsp3) is 0.294. The van der Waals surface area contributed by atoms with E-state index in [1.54, 1.807) is 0 Å². The molecule has 4 heteroatoms. The zero-order valence-electron chi connectivity index (χ0n) is 12.2. The maximum absolute atomic E-state index is 12.1. The summed E-state index contributed by atoms with van der Waals surface area (Å²) in [5.74, 6) is 0.458. The number of benzene rings is 1. The molecule has 0 spiro atoms. The van der Waals surface area contributed by atoms with Crippen LogP contribution in [0.4, 0.5) is 11.5 Å². The summed E-state index contributed by atoms with van der Waals surface area (Å²) in [6.45, 7) is 4.19. The van der Waals surface area contributed by atoms with Crippen LogP contribution < -0.4 is 10.2 Å². The lowest BCUT2D eigenvalue weighted by atomic mass is 10.1. The van der Waals surface area contributed by atoms with Crippen LogP contribution in [0.2, 0.25) is 0 Å². The highest BCUT2D eigenvalue weighted by molar-refractivity contribution is 6.03. The van der Waals surface area contributed by atoms with Crippen LogP contribution in [0.3, 0.4) is 0 Å². The molecule has 1 aromatic heterocycles. The maximum Gasteiger partial charge on any atom is 0.256 e. The summed E-state index contributed by atoms with van der Waals surface area (Å²) in [5.41, 5.74) is 2.91. The van der Waals surface area contributed by atoms with Gasteiger partial charge in [0.2, 0.25) is 0 Å². The Morgan fingerprint density at radius 2 is 1.81 bits per heavy atom. The van der Waals surface area contributed by atoms with E-state index in [0.717, 1.165) is 24.3 Å². The van der Waals surface area contributed by atoms with E-state index >= 15 is 0 Å². The summed E-state index contributed by atoms with van der Waals surface area (Å²) >= 11 is 0. The Bertz CT molecular complexity index is 613. The minimum absolute atomic E-state index is 0.128. The number of nitrogens with zero attached hydrogens (tertiary/aromatic N) is 2. The second kappa shape index (κ2) is 5.95. The van der Waals surface area contributed by atoms with Gasteiger partial charge in [0.1, 0.15) is 5.82 Å². The number of hydrogen-bond donors (Lipinski definition) is 1. The fourth-order valence-electron chi connectivity index (χ4n) is 2.52. The first-order chi connectivity index (χ1) is 10.2. The van der Waals surface area contributed by atoms with Crippen molar-refractivity contribution in [3.63, 3.8) is 0 Å². The molecule has 0 aliphatic carbocycles. The highest BCUT2D eigenvalue weighted by atomic mass is 16.1. The van der Waals surface area contributed by atoms with Crippen LogP contribution in [-0.2, 0) is 0 Å². The van der Waals surface area contributed by atoms with Crippen LogP contribution in [0.25, 0.3) is 0 Å². The molecular weight excluding hydrogens is 262 g/mol. The average Bonchev–Trinajstić information content (AvgIpc) is 3.03. The Labute approximate surface area is 124 Å². The van der Waals surface area contributed by atoms with Gasteiger partial charge in [-0.3, -0.25) is 4.79 Å². The number of carbonyl (C=O) groups excluding carboxylic acids is 1. The molecule has 108 valence electrons. The number of nitrogens with one attached hydrogen (secondary N) is 1.